The molecule has 1 aliphatic rings. The molecule has 0 bridgehead atoms. The highest BCUT2D eigenvalue weighted by atomic mass is 32.2. The van der Waals surface area contributed by atoms with Gasteiger partial charge in [-0.3, -0.25) is 5.32 Å². The maximum absolute atomic E-state index is 11.6. The Morgan fingerprint density at radius 2 is 1.95 bits per heavy atom. The Bertz CT molecular complexity index is 482. The SMILES string of the molecule is CC1CC(NC(=S)NC(=O)OC(C)(C)C)CCS1(=O)=O. The van der Waals surface area contributed by atoms with E-state index in [0.29, 0.717) is 12.8 Å². The van der Waals surface area contributed by atoms with Crippen molar-refractivity contribution in [3.8, 4) is 0 Å². The van der Waals surface area contributed by atoms with E-state index in [2.05, 4.69) is 10.6 Å². The summed E-state index contributed by atoms with van der Waals surface area (Å²) in [7, 11) is -2.97. The van der Waals surface area contributed by atoms with Crippen LogP contribution in [0.15, 0.2) is 0 Å². The van der Waals surface area contributed by atoms with Crippen LogP contribution in [0.2, 0.25) is 0 Å². The molecule has 0 aromatic rings. The van der Waals surface area contributed by atoms with E-state index in [9.17, 15) is 13.2 Å². The molecular formula is C12H22N2O4S2. The summed E-state index contributed by atoms with van der Waals surface area (Å²) in [4.78, 5) is 11.5. The molecule has 0 aliphatic carbocycles. The zero-order chi connectivity index (χ0) is 15.6. The number of carbonyl (C=O) groups is 1. The van der Waals surface area contributed by atoms with Gasteiger partial charge in [0.25, 0.3) is 0 Å². The lowest BCUT2D eigenvalue weighted by Gasteiger charge is -2.28. The molecular weight excluding hydrogens is 300 g/mol. The summed E-state index contributed by atoms with van der Waals surface area (Å²) < 4.78 is 28.3. The van der Waals surface area contributed by atoms with Crippen LogP contribution in [0.4, 0.5) is 4.79 Å². The third-order valence-electron chi connectivity index (χ3n) is 2.93. The fraction of sp³-hybridized carbons (Fsp3) is 0.833. The maximum atomic E-state index is 11.6. The van der Waals surface area contributed by atoms with E-state index in [1.165, 1.54) is 0 Å². The van der Waals surface area contributed by atoms with Crippen molar-refractivity contribution >= 4 is 33.3 Å². The molecule has 20 heavy (non-hydrogen) atoms. The standard InChI is InChI=1S/C12H22N2O4S2/c1-8-7-9(5-6-20(8,16)17)13-10(19)14-11(15)18-12(2,3)4/h8-9H,5-7H2,1-4H3,(H2,13,14,15,19). The Morgan fingerprint density at radius 3 is 2.45 bits per heavy atom. The number of ether oxygens (including phenoxy) is 1. The predicted octanol–water partition coefficient (Wildman–Crippen LogP) is 1.35. The topological polar surface area (TPSA) is 84.5 Å². The van der Waals surface area contributed by atoms with Crippen LogP contribution in [-0.2, 0) is 14.6 Å². The summed E-state index contributed by atoms with van der Waals surface area (Å²) >= 11 is 5.02. The number of rotatable bonds is 1. The zero-order valence-corrected chi connectivity index (χ0v) is 13.9. The van der Waals surface area contributed by atoms with E-state index < -0.39 is 26.8 Å². The van der Waals surface area contributed by atoms with E-state index in [0.717, 1.165) is 0 Å². The number of hydrogen-bond donors (Lipinski definition) is 2. The number of amides is 1. The van der Waals surface area contributed by atoms with Crippen molar-refractivity contribution in [2.75, 3.05) is 5.75 Å². The van der Waals surface area contributed by atoms with Gasteiger partial charge >= 0.3 is 6.09 Å². The largest absolute Gasteiger partial charge is 0.444 e. The fourth-order valence-corrected chi connectivity index (χ4v) is 3.71. The summed E-state index contributed by atoms with van der Waals surface area (Å²) in [6, 6.07) is -0.0454. The Kier molecular flexibility index (Phi) is 5.37. The van der Waals surface area contributed by atoms with Gasteiger partial charge in [0, 0.05) is 6.04 Å². The first-order valence-corrected chi connectivity index (χ1v) is 8.64. The highest BCUT2D eigenvalue weighted by molar-refractivity contribution is 7.92. The fourth-order valence-electron chi connectivity index (χ4n) is 1.92. The predicted molar refractivity (Wildman–Crippen MR) is 81.4 cm³/mol. The minimum absolute atomic E-state index is 0.0454. The second-order valence-corrected chi connectivity index (χ2v) is 8.95. The highest BCUT2D eigenvalue weighted by Crippen LogP contribution is 2.19. The molecule has 0 aromatic carbocycles. The second-order valence-electron chi connectivity index (χ2n) is 6.00. The van der Waals surface area contributed by atoms with Crippen LogP contribution in [0.3, 0.4) is 0 Å². The van der Waals surface area contributed by atoms with E-state index >= 15 is 0 Å². The minimum atomic E-state index is -2.97. The van der Waals surface area contributed by atoms with E-state index in [1.54, 1.807) is 27.7 Å². The summed E-state index contributed by atoms with van der Waals surface area (Å²) in [5.74, 6) is 0.140. The summed E-state index contributed by atoms with van der Waals surface area (Å²) in [5, 5.41) is 5.16. The molecule has 8 heteroatoms. The van der Waals surface area contributed by atoms with Gasteiger partial charge in [-0.15, -0.1) is 0 Å². The number of nitrogens with one attached hydrogen (secondary N) is 2. The smallest absolute Gasteiger partial charge is 0.413 e. The van der Waals surface area contributed by atoms with E-state index in [1.807, 2.05) is 0 Å². The first kappa shape index (κ1) is 17.2. The first-order valence-electron chi connectivity index (χ1n) is 6.51. The molecule has 2 atom stereocenters. The Hall–Kier alpha value is -0.890. The van der Waals surface area contributed by atoms with Crippen molar-refractivity contribution < 1.29 is 17.9 Å². The summed E-state index contributed by atoms with van der Waals surface area (Å²) in [6.45, 7) is 6.97. The van der Waals surface area contributed by atoms with Gasteiger partial charge in [0.05, 0.1) is 11.0 Å². The zero-order valence-electron chi connectivity index (χ0n) is 12.2. The molecule has 0 aromatic heterocycles. The highest BCUT2D eigenvalue weighted by Gasteiger charge is 2.31. The molecule has 2 unspecified atom stereocenters. The lowest BCUT2D eigenvalue weighted by molar-refractivity contribution is 0.0562. The normalized spacial score (nSPS) is 25.6. The minimum Gasteiger partial charge on any atom is -0.444 e. The van der Waals surface area contributed by atoms with Gasteiger partial charge in [-0.05, 0) is 52.8 Å². The van der Waals surface area contributed by atoms with Crippen LogP contribution < -0.4 is 10.6 Å². The third kappa shape index (κ3) is 5.62. The lowest BCUT2D eigenvalue weighted by atomic mass is 10.1. The number of sulfone groups is 1. The number of alkyl carbamates (subject to hydrolysis) is 1. The first-order chi connectivity index (χ1) is 8.99. The van der Waals surface area contributed by atoms with Crippen molar-refractivity contribution in [3.63, 3.8) is 0 Å². The van der Waals surface area contributed by atoms with E-state index in [-0.39, 0.29) is 16.9 Å². The molecule has 1 aliphatic heterocycles. The van der Waals surface area contributed by atoms with Crippen molar-refractivity contribution in [1.29, 1.82) is 0 Å². The second kappa shape index (κ2) is 6.26. The van der Waals surface area contributed by atoms with Crippen LogP contribution in [0.25, 0.3) is 0 Å². The molecule has 1 saturated heterocycles. The van der Waals surface area contributed by atoms with Crippen molar-refractivity contribution in [2.45, 2.75) is 57.4 Å². The molecule has 2 N–H and O–H groups in total. The average molecular weight is 322 g/mol. The van der Waals surface area contributed by atoms with E-state index in [4.69, 9.17) is 17.0 Å². The average Bonchev–Trinajstić information content (AvgIpc) is 2.20. The van der Waals surface area contributed by atoms with Gasteiger partial charge in [0.2, 0.25) is 0 Å². The van der Waals surface area contributed by atoms with Gasteiger partial charge in [-0.25, -0.2) is 13.2 Å². The van der Waals surface area contributed by atoms with Gasteiger partial charge in [-0.1, -0.05) is 0 Å². The quantitative estimate of drug-likeness (QED) is 0.709. The Morgan fingerprint density at radius 1 is 1.35 bits per heavy atom. The molecule has 0 radical (unpaired) electrons. The molecule has 1 rings (SSSR count). The van der Waals surface area contributed by atoms with Gasteiger partial charge in [0.15, 0.2) is 14.9 Å². The molecule has 116 valence electrons. The monoisotopic (exact) mass is 322 g/mol. The summed E-state index contributed by atoms with van der Waals surface area (Å²) in [5.41, 5.74) is -0.590. The molecule has 1 fully saturated rings. The number of hydrogen-bond acceptors (Lipinski definition) is 5. The Balaban J connectivity index is 2.42. The van der Waals surface area contributed by atoms with Crippen molar-refractivity contribution in [3.05, 3.63) is 0 Å². The van der Waals surface area contributed by atoms with Gasteiger partial charge < -0.3 is 10.1 Å². The lowest BCUT2D eigenvalue weighted by Crippen LogP contribution is -2.49. The van der Waals surface area contributed by atoms with Gasteiger partial charge in [0.1, 0.15) is 5.60 Å². The number of thiocarbonyl (C=S) groups is 1. The molecule has 1 amide bonds. The van der Waals surface area contributed by atoms with Crippen molar-refractivity contribution in [1.82, 2.24) is 10.6 Å². The molecule has 6 nitrogen and oxygen atoms in total. The number of carbonyl (C=O) groups excluding carboxylic acids is 1. The Labute approximate surface area is 125 Å². The third-order valence-corrected chi connectivity index (χ3v) is 5.37. The van der Waals surface area contributed by atoms with Gasteiger partial charge in [-0.2, -0.15) is 0 Å². The summed E-state index contributed by atoms with van der Waals surface area (Å²) in [6.07, 6.45) is 0.354. The molecule has 0 saturated carbocycles. The molecule has 0 spiro atoms. The van der Waals surface area contributed by atoms with Crippen LogP contribution in [0.1, 0.15) is 40.5 Å². The maximum Gasteiger partial charge on any atom is 0.413 e. The van der Waals surface area contributed by atoms with Crippen LogP contribution >= 0.6 is 12.2 Å². The van der Waals surface area contributed by atoms with Crippen molar-refractivity contribution in [2.24, 2.45) is 0 Å². The van der Waals surface area contributed by atoms with Crippen LogP contribution in [0.5, 0.6) is 0 Å². The van der Waals surface area contributed by atoms with Crippen LogP contribution in [0, 0.1) is 0 Å². The molecule has 1 heterocycles. The van der Waals surface area contributed by atoms with Crippen LogP contribution in [-0.4, -0.2) is 42.3 Å².